The lowest BCUT2D eigenvalue weighted by molar-refractivity contribution is -0.384. The molecule has 0 spiro atoms. The van der Waals surface area contributed by atoms with Gasteiger partial charge in [-0.1, -0.05) is 27.2 Å². The van der Waals surface area contributed by atoms with Gasteiger partial charge < -0.3 is 5.32 Å². The fourth-order valence-corrected chi connectivity index (χ4v) is 2.06. The number of benzene rings is 1. The van der Waals surface area contributed by atoms with Crippen molar-refractivity contribution in [3.8, 4) is 6.07 Å². The molecule has 1 aromatic carbocycles. The molecule has 5 nitrogen and oxygen atoms in total. The zero-order valence-electron chi connectivity index (χ0n) is 12.2. The number of nitro groups is 1. The number of non-ortho nitro benzene ring substituents is 1. The Morgan fingerprint density at radius 2 is 2.10 bits per heavy atom. The molecule has 2 unspecified atom stereocenters. The molecule has 1 rings (SSSR count). The van der Waals surface area contributed by atoms with Crippen LogP contribution in [0.25, 0.3) is 0 Å². The van der Waals surface area contributed by atoms with Gasteiger partial charge >= 0.3 is 0 Å². The molecule has 1 N–H and O–H groups in total. The smallest absolute Gasteiger partial charge is 0.270 e. The minimum absolute atomic E-state index is 0.0536. The molecule has 108 valence electrons. The van der Waals surface area contributed by atoms with Crippen LogP contribution >= 0.6 is 0 Å². The van der Waals surface area contributed by atoms with E-state index in [0.29, 0.717) is 17.2 Å². The van der Waals surface area contributed by atoms with E-state index < -0.39 is 4.92 Å². The van der Waals surface area contributed by atoms with E-state index in [0.717, 1.165) is 19.3 Å². The first kappa shape index (κ1) is 16.0. The van der Waals surface area contributed by atoms with Crippen LogP contribution < -0.4 is 5.32 Å². The van der Waals surface area contributed by atoms with Gasteiger partial charge in [-0.25, -0.2) is 0 Å². The van der Waals surface area contributed by atoms with Gasteiger partial charge in [-0.05, 0) is 24.8 Å². The molecule has 2 atom stereocenters. The first-order chi connectivity index (χ1) is 9.51. The van der Waals surface area contributed by atoms with Gasteiger partial charge in [0, 0.05) is 18.2 Å². The van der Waals surface area contributed by atoms with Crippen LogP contribution in [0.4, 0.5) is 11.4 Å². The normalized spacial score (nSPS) is 13.3. The molecular weight excluding hydrogens is 254 g/mol. The Bertz CT molecular complexity index is 508. The first-order valence-corrected chi connectivity index (χ1v) is 6.96. The van der Waals surface area contributed by atoms with E-state index in [-0.39, 0.29) is 11.7 Å². The highest BCUT2D eigenvalue weighted by atomic mass is 16.6. The Kier molecular flexibility index (Phi) is 5.98. The number of anilines is 1. The second-order valence-corrected chi connectivity index (χ2v) is 5.10. The van der Waals surface area contributed by atoms with Gasteiger partial charge in [0.1, 0.15) is 6.07 Å². The quantitative estimate of drug-likeness (QED) is 0.600. The molecule has 0 aromatic heterocycles. The van der Waals surface area contributed by atoms with Gasteiger partial charge in [-0.2, -0.15) is 5.26 Å². The maximum absolute atomic E-state index is 10.7. The molecule has 0 amide bonds. The molecule has 20 heavy (non-hydrogen) atoms. The molecule has 0 heterocycles. The number of nitrogens with zero attached hydrogens (tertiary/aromatic N) is 2. The summed E-state index contributed by atoms with van der Waals surface area (Å²) >= 11 is 0. The van der Waals surface area contributed by atoms with Crippen molar-refractivity contribution in [1.29, 1.82) is 5.26 Å². The summed E-state index contributed by atoms with van der Waals surface area (Å²) in [7, 11) is 0. The molecule has 0 radical (unpaired) electrons. The summed E-state index contributed by atoms with van der Waals surface area (Å²) in [5, 5.41) is 23.2. The molecule has 0 saturated carbocycles. The van der Waals surface area contributed by atoms with Crippen molar-refractivity contribution in [2.24, 2.45) is 5.92 Å². The largest absolute Gasteiger partial charge is 0.381 e. The van der Waals surface area contributed by atoms with Crippen molar-refractivity contribution in [2.75, 3.05) is 5.32 Å². The van der Waals surface area contributed by atoms with Crippen molar-refractivity contribution >= 4 is 11.4 Å². The second kappa shape index (κ2) is 7.49. The molecule has 0 aliphatic rings. The fraction of sp³-hybridized carbons (Fsp3) is 0.533. The Labute approximate surface area is 119 Å². The van der Waals surface area contributed by atoms with Crippen LogP contribution in [-0.4, -0.2) is 11.0 Å². The van der Waals surface area contributed by atoms with E-state index in [4.69, 9.17) is 5.26 Å². The minimum Gasteiger partial charge on any atom is -0.381 e. The van der Waals surface area contributed by atoms with Gasteiger partial charge in [0.05, 0.1) is 16.2 Å². The molecule has 0 aliphatic carbocycles. The summed E-state index contributed by atoms with van der Waals surface area (Å²) in [6.45, 7) is 6.45. The average molecular weight is 275 g/mol. The van der Waals surface area contributed by atoms with Crippen LogP contribution in [0.15, 0.2) is 18.2 Å². The number of nitrogens with one attached hydrogen (secondary N) is 1. The minimum atomic E-state index is -0.485. The maximum atomic E-state index is 10.7. The number of hydrogen-bond donors (Lipinski definition) is 1. The first-order valence-electron chi connectivity index (χ1n) is 6.96. The molecule has 0 fully saturated rings. The van der Waals surface area contributed by atoms with Gasteiger partial charge in [0.25, 0.3) is 5.69 Å². The molecular formula is C15H21N3O2. The average Bonchev–Trinajstić information content (AvgIpc) is 2.46. The Morgan fingerprint density at radius 3 is 2.60 bits per heavy atom. The van der Waals surface area contributed by atoms with E-state index in [2.05, 4.69) is 26.1 Å². The highest BCUT2D eigenvalue weighted by molar-refractivity contribution is 5.61. The summed E-state index contributed by atoms with van der Waals surface area (Å²) in [6, 6.07) is 6.67. The van der Waals surface area contributed by atoms with Gasteiger partial charge in [0.2, 0.25) is 0 Å². The molecule has 1 aromatic rings. The van der Waals surface area contributed by atoms with Crippen molar-refractivity contribution in [2.45, 2.75) is 46.1 Å². The Hall–Kier alpha value is -2.09. The highest BCUT2D eigenvalue weighted by Gasteiger charge is 2.15. The van der Waals surface area contributed by atoms with E-state index in [1.54, 1.807) is 6.07 Å². The third kappa shape index (κ3) is 4.23. The van der Waals surface area contributed by atoms with Crippen LogP contribution in [0, 0.1) is 27.4 Å². The molecule has 0 aliphatic heterocycles. The third-order valence-corrected chi connectivity index (χ3v) is 3.57. The lowest BCUT2D eigenvalue weighted by Crippen LogP contribution is -2.21. The van der Waals surface area contributed by atoms with Crippen molar-refractivity contribution < 1.29 is 4.92 Å². The number of rotatable bonds is 7. The van der Waals surface area contributed by atoms with Crippen LogP contribution in [0.1, 0.15) is 45.6 Å². The van der Waals surface area contributed by atoms with Gasteiger partial charge in [-0.3, -0.25) is 10.1 Å². The fourth-order valence-electron chi connectivity index (χ4n) is 2.06. The lowest BCUT2D eigenvalue weighted by Gasteiger charge is -2.22. The van der Waals surface area contributed by atoms with E-state index in [9.17, 15) is 10.1 Å². The van der Waals surface area contributed by atoms with E-state index >= 15 is 0 Å². The predicted octanol–water partition coefficient (Wildman–Crippen LogP) is 4.09. The molecule has 0 saturated heterocycles. The SMILES string of the molecule is CCC(C)CC(CC)Nc1ccc([N+](=O)[O-])cc1C#N. The Morgan fingerprint density at radius 1 is 1.40 bits per heavy atom. The van der Waals surface area contributed by atoms with Crippen molar-refractivity contribution in [3.63, 3.8) is 0 Å². The Balaban J connectivity index is 2.90. The summed E-state index contributed by atoms with van der Waals surface area (Å²) < 4.78 is 0. The van der Waals surface area contributed by atoms with E-state index in [1.807, 2.05) is 6.07 Å². The molecule has 0 bridgehead atoms. The monoisotopic (exact) mass is 275 g/mol. The number of nitriles is 1. The topological polar surface area (TPSA) is 79.0 Å². The number of hydrogen-bond acceptors (Lipinski definition) is 4. The number of nitro benzene ring substituents is 1. The zero-order chi connectivity index (χ0) is 15.1. The van der Waals surface area contributed by atoms with Crippen LogP contribution in [0.2, 0.25) is 0 Å². The highest BCUT2D eigenvalue weighted by Crippen LogP contribution is 2.24. The maximum Gasteiger partial charge on any atom is 0.270 e. The standard InChI is InChI=1S/C15H21N3O2/c1-4-11(3)8-13(5-2)17-15-7-6-14(18(19)20)9-12(15)10-16/h6-7,9,11,13,17H,4-5,8H2,1-3H3. The second-order valence-electron chi connectivity index (χ2n) is 5.10. The summed E-state index contributed by atoms with van der Waals surface area (Å²) in [4.78, 5) is 10.2. The van der Waals surface area contributed by atoms with Crippen molar-refractivity contribution in [1.82, 2.24) is 0 Å². The predicted molar refractivity (Wildman–Crippen MR) is 79.6 cm³/mol. The van der Waals surface area contributed by atoms with Crippen LogP contribution in [0.5, 0.6) is 0 Å². The third-order valence-electron chi connectivity index (χ3n) is 3.57. The summed E-state index contributed by atoms with van der Waals surface area (Å²) in [5.41, 5.74) is 0.942. The summed E-state index contributed by atoms with van der Waals surface area (Å²) in [5.74, 6) is 0.607. The lowest BCUT2D eigenvalue weighted by atomic mass is 9.97. The molecule has 5 heteroatoms. The van der Waals surface area contributed by atoms with Gasteiger partial charge in [-0.15, -0.1) is 0 Å². The van der Waals surface area contributed by atoms with Gasteiger partial charge in [0.15, 0.2) is 0 Å². The van der Waals surface area contributed by atoms with Crippen LogP contribution in [0.3, 0.4) is 0 Å². The zero-order valence-corrected chi connectivity index (χ0v) is 12.2. The van der Waals surface area contributed by atoms with Crippen molar-refractivity contribution in [3.05, 3.63) is 33.9 Å². The summed E-state index contributed by atoms with van der Waals surface area (Å²) in [6.07, 6.45) is 3.09. The van der Waals surface area contributed by atoms with E-state index in [1.165, 1.54) is 12.1 Å². The van der Waals surface area contributed by atoms with Crippen LogP contribution in [-0.2, 0) is 0 Å².